The van der Waals surface area contributed by atoms with Crippen LogP contribution in [0.15, 0.2) is 35.9 Å². The van der Waals surface area contributed by atoms with Crippen LogP contribution < -0.4 is 0 Å². The molecule has 0 saturated heterocycles. The number of hydrogen-bond acceptors (Lipinski definition) is 3. The molecule has 0 heterocycles. The Morgan fingerprint density at radius 3 is 1.91 bits per heavy atom. The molecule has 3 rings (SSSR count). The Morgan fingerprint density at radius 1 is 0.844 bits per heavy atom. The predicted molar refractivity (Wildman–Crippen MR) is 140 cm³/mol. The van der Waals surface area contributed by atoms with Crippen molar-refractivity contribution in [3.63, 3.8) is 0 Å². The molecule has 32 heavy (non-hydrogen) atoms. The number of ketones is 1. The Balaban J connectivity index is 2.02. The molecule has 0 N–H and O–H groups in total. The van der Waals surface area contributed by atoms with Crippen LogP contribution in [0.5, 0.6) is 0 Å². The monoisotopic (exact) mass is 472 g/mol. The molecule has 178 valence electrons. The average molecular weight is 473 g/mol. The summed E-state index contributed by atoms with van der Waals surface area (Å²) in [7, 11) is -4.00. The van der Waals surface area contributed by atoms with Crippen LogP contribution in [0.2, 0.25) is 36.3 Å². The number of carbonyl (C=O) groups excluding carboxylic acids is 1. The highest BCUT2D eigenvalue weighted by atomic mass is 28.4. The summed E-state index contributed by atoms with van der Waals surface area (Å²) in [6, 6.07) is 10.2. The van der Waals surface area contributed by atoms with Gasteiger partial charge in [-0.3, -0.25) is 4.79 Å². The molecule has 0 aliphatic heterocycles. The highest BCUT2D eigenvalue weighted by molar-refractivity contribution is 6.74. The van der Waals surface area contributed by atoms with Crippen LogP contribution in [0.4, 0.5) is 0 Å². The van der Waals surface area contributed by atoms with E-state index in [1.165, 1.54) is 5.57 Å². The number of allylic oxidation sites excluding steroid dienone is 1. The van der Waals surface area contributed by atoms with Gasteiger partial charge < -0.3 is 8.85 Å². The van der Waals surface area contributed by atoms with Crippen molar-refractivity contribution in [1.82, 2.24) is 0 Å². The zero-order valence-electron chi connectivity index (χ0n) is 22.0. The molecule has 0 spiro atoms. The maximum atomic E-state index is 13.3. The van der Waals surface area contributed by atoms with Crippen molar-refractivity contribution in [3.8, 4) is 0 Å². The second-order valence-corrected chi connectivity index (χ2v) is 22.3. The number of carbonyl (C=O) groups is 1. The Bertz CT molecular complexity index is 872. The van der Waals surface area contributed by atoms with Gasteiger partial charge in [-0.1, -0.05) is 77.4 Å². The van der Waals surface area contributed by atoms with Crippen molar-refractivity contribution < 1.29 is 13.6 Å². The molecular formula is C27H44O3Si2. The van der Waals surface area contributed by atoms with Gasteiger partial charge in [-0.15, -0.1) is 0 Å². The molecule has 0 aromatic heterocycles. The van der Waals surface area contributed by atoms with E-state index in [4.69, 9.17) is 8.85 Å². The zero-order valence-corrected chi connectivity index (χ0v) is 24.0. The number of fused-ring (bicyclic) bond motifs is 1. The van der Waals surface area contributed by atoms with Gasteiger partial charge in [0.1, 0.15) is 0 Å². The van der Waals surface area contributed by atoms with Crippen LogP contribution in [-0.2, 0) is 13.6 Å². The minimum atomic E-state index is -2.04. The SMILES string of the molecule is CC(C)(C)[Si](C)(C)O[C@@H]1[C@@H](O[Si](C)(C)C(C)(C)C)CCC2=C(c3ccccc3)C(=O)C[C@@H]21. The molecule has 1 fully saturated rings. The lowest BCUT2D eigenvalue weighted by Crippen LogP contribution is -2.55. The van der Waals surface area contributed by atoms with Crippen LogP contribution >= 0.6 is 0 Å². The minimum absolute atomic E-state index is 0.0427. The van der Waals surface area contributed by atoms with E-state index in [1.807, 2.05) is 18.2 Å². The smallest absolute Gasteiger partial charge is 0.192 e. The van der Waals surface area contributed by atoms with Gasteiger partial charge in [0.15, 0.2) is 22.4 Å². The van der Waals surface area contributed by atoms with Crippen molar-refractivity contribution in [2.75, 3.05) is 0 Å². The van der Waals surface area contributed by atoms with Gasteiger partial charge in [-0.05, 0) is 54.7 Å². The van der Waals surface area contributed by atoms with Gasteiger partial charge in [0.2, 0.25) is 0 Å². The molecule has 1 aromatic rings. The molecule has 1 saturated carbocycles. The topological polar surface area (TPSA) is 35.5 Å². The fourth-order valence-electron chi connectivity index (χ4n) is 4.44. The van der Waals surface area contributed by atoms with Crippen LogP contribution in [-0.4, -0.2) is 34.6 Å². The van der Waals surface area contributed by atoms with E-state index in [0.29, 0.717) is 6.42 Å². The fourth-order valence-corrected chi connectivity index (χ4v) is 7.16. The Labute approximate surface area is 198 Å². The summed E-state index contributed by atoms with van der Waals surface area (Å²) in [5.74, 6) is 0.406. The van der Waals surface area contributed by atoms with Crippen molar-refractivity contribution in [2.45, 2.75) is 109 Å². The van der Waals surface area contributed by atoms with Crippen LogP contribution in [0.3, 0.4) is 0 Å². The van der Waals surface area contributed by atoms with E-state index in [2.05, 4.69) is 79.9 Å². The zero-order chi connectivity index (χ0) is 24.1. The fraction of sp³-hybridized carbons (Fsp3) is 0.667. The molecular weight excluding hydrogens is 428 g/mol. The van der Waals surface area contributed by atoms with Gasteiger partial charge in [-0.2, -0.15) is 0 Å². The lowest BCUT2D eigenvalue weighted by molar-refractivity contribution is -0.114. The normalized spacial score (nSPS) is 25.3. The Kier molecular flexibility index (Phi) is 6.92. The summed E-state index contributed by atoms with van der Waals surface area (Å²) >= 11 is 0. The molecule has 1 aromatic carbocycles. The second-order valence-electron chi connectivity index (χ2n) is 12.8. The first-order valence-corrected chi connectivity index (χ1v) is 18.0. The summed E-state index contributed by atoms with van der Waals surface area (Å²) in [6.07, 6.45) is 2.43. The highest BCUT2D eigenvalue weighted by Gasteiger charge is 2.51. The number of Topliss-reactive ketones (excluding diaryl/α,β-unsaturated/α-hetero) is 1. The second kappa shape index (κ2) is 8.64. The molecule has 0 amide bonds. The molecule has 0 radical (unpaired) electrons. The molecule has 0 bridgehead atoms. The quantitative estimate of drug-likeness (QED) is 0.414. The van der Waals surface area contributed by atoms with Crippen LogP contribution in [0, 0.1) is 5.92 Å². The summed E-state index contributed by atoms with van der Waals surface area (Å²) in [5, 5.41) is 0.256. The first-order chi connectivity index (χ1) is 14.6. The lowest BCUT2D eigenvalue weighted by Gasteiger charge is -2.49. The summed E-state index contributed by atoms with van der Waals surface area (Å²) in [6.45, 7) is 23.1. The van der Waals surface area contributed by atoms with Gasteiger partial charge >= 0.3 is 0 Å². The third-order valence-corrected chi connectivity index (χ3v) is 17.4. The van der Waals surface area contributed by atoms with E-state index >= 15 is 0 Å². The first kappa shape index (κ1) is 25.6. The van der Waals surface area contributed by atoms with Crippen LogP contribution in [0.25, 0.3) is 5.57 Å². The average Bonchev–Trinajstić information content (AvgIpc) is 2.98. The first-order valence-electron chi connectivity index (χ1n) is 12.2. The molecule has 3 atom stereocenters. The lowest BCUT2D eigenvalue weighted by atomic mass is 9.80. The van der Waals surface area contributed by atoms with Crippen molar-refractivity contribution in [3.05, 3.63) is 41.5 Å². The van der Waals surface area contributed by atoms with E-state index in [0.717, 1.165) is 24.0 Å². The Hall–Kier alpha value is -1.02. The summed E-state index contributed by atoms with van der Waals surface area (Å²) < 4.78 is 14.1. The van der Waals surface area contributed by atoms with Crippen molar-refractivity contribution in [1.29, 1.82) is 0 Å². The number of rotatable bonds is 5. The van der Waals surface area contributed by atoms with E-state index in [1.54, 1.807) is 0 Å². The summed E-state index contributed by atoms with van der Waals surface area (Å²) in [4.78, 5) is 13.3. The Morgan fingerprint density at radius 2 is 1.38 bits per heavy atom. The number of hydrogen-bond donors (Lipinski definition) is 0. The number of benzene rings is 1. The maximum Gasteiger partial charge on any atom is 0.192 e. The third kappa shape index (κ3) is 4.91. The minimum Gasteiger partial charge on any atom is -0.411 e. The van der Waals surface area contributed by atoms with Gasteiger partial charge in [-0.25, -0.2) is 0 Å². The van der Waals surface area contributed by atoms with Gasteiger partial charge in [0.25, 0.3) is 0 Å². The third-order valence-electron chi connectivity index (χ3n) is 8.47. The van der Waals surface area contributed by atoms with E-state index < -0.39 is 16.6 Å². The predicted octanol–water partition coefficient (Wildman–Crippen LogP) is 7.60. The molecule has 0 unspecified atom stereocenters. The van der Waals surface area contributed by atoms with Gasteiger partial charge in [0.05, 0.1) is 12.2 Å². The standard InChI is InChI=1S/C27H44O3Si2/c1-26(2,3)31(7,8)29-23-17-16-20-21(25(23)30-32(9,10)27(4,5)6)18-22(28)24(20)19-14-12-11-13-15-19/h11-15,21,23,25H,16-18H2,1-10H3/t21-,23-,25-/m0/s1. The highest BCUT2D eigenvalue weighted by Crippen LogP contribution is 2.50. The molecule has 5 heteroatoms. The van der Waals surface area contributed by atoms with Crippen molar-refractivity contribution >= 4 is 28.0 Å². The molecule has 3 nitrogen and oxygen atoms in total. The molecule has 2 aliphatic carbocycles. The maximum absolute atomic E-state index is 13.3. The van der Waals surface area contributed by atoms with Crippen LogP contribution in [0.1, 0.15) is 66.4 Å². The van der Waals surface area contributed by atoms with Gasteiger partial charge in [0, 0.05) is 17.9 Å². The van der Waals surface area contributed by atoms with E-state index in [-0.39, 0.29) is 34.0 Å². The molecule has 2 aliphatic rings. The van der Waals surface area contributed by atoms with E-state index in [9.17, 15) is 4.79 Å². The van der Waals surface area contributed by atoms with Crippen molar-refractivity contribution in [2.24, 2.45) is 5.92 Å². The summed E-state index contributed by atoms with van der Waals surface area (Å²) in [5.41, 5.74) is 3.31. The largest absolute Gasteiger partial charge is 0.411 e.